The van der Waals surface area contributed by atoms with Crippen LogP contribution in [-0.2, 0) is 8.23 Å². The van der Waals surface area contributed by atoms with Crippen LogP contribution in [0.2, 0.25) is 6.04 Å². The van der Waals surface area contributed by atoms with Gasteiger partial charge in [0.2, 0.25) is 0 Å². The van der Waals surface area contributed by atoms with Crippen molar-refractivity contribution in [2.75, 3.05) is 0 Å². The molecule has 0 aromatic carbocycles. The van der Waals surface area contributed by atoms with Gasteiger partial charge in [-0.15, -0.1) is 0 Å². The molecule has 1 fully saturated rings. The molecule has 180 valence electrons. The Labute approximate surface area is 194 Å². The summed E-state index contributed by atoms with van der Waals surface area (Å²) in [6.45, 7) is 2.30. The fraction of sp³-hybridized carbons (Fsp3) is 1.00. The van der Waals surface area contributed by atoms with Crippen molar-refractivity contribution in [3.8, 4) is 0 Å². The van der Waals surface area contributed by atoms with E-state index in [-0.39, 0.29) is 0 Å². The molecule has 30 heavy (non-hydrogen) atoms. The maximum Gasteiger partial charge on any atom is 0.303 e. The van der Waals surface area contributed by atoms with E-state index in [2.05, 4.69) is 6.92 Å². The highest BCUT2D eigenvalue weighted by atomic mass is 28.4. The molecule has 0 aliphatic carbocycles. The summed E-state index contributed by atoms with van der Waals surface area (Å²) in [5.74, 6) is 0. The van der Waals surface area contributed by atoms with Crippen LogP contribution in [-0.4, -0.2) is 19.3 Å². The number of unbranched alkanes of at least 4 members (excludes halogenated alkanes) is 23. The van der Waals surface area contributed by atoms with Crippen LogP contribution in [0.5, 0.6) is 0 Å². The van der Waals surface area contributed by atoms with Crippen molar-refractivity contribution in [3.63, 3.8) is 0 Å². The zero-order valence-corrected chi connectivity index (χ0v) is 23.3. The van der Waals surface area contributed by atoms with Gasteiger partial charge in [-0.25, -0.2) is 0 Å². The molecule has 0 aromatic rings. The van der Waals surface area contributed by atoms with Gasteiger partial charge in [-0.05, 0) is 6.04 Å². The zero-order valence-electron chi connectivity index (χ0n) is 20.8. The first-order valence-corrected chi connectivity index (χ1v) is 17.1. The van der Waals surface area contributed by atoms with Crippen LogP contribution in [0.25, 0.3) is 0 Å². The van der Waals surface area contributed by atoms with Gasteiger partial charge in [-0.3, -0.25) is 0 Å². The van der Waals surface area contributed by atoms with E-state index >= 15 is 0 Å². The summed E-state index contributed by atoms with van der Waals surface area (Å²) < 4.78 is 11.1. The van der Waals surface area contributed by atoms with Crippen molar-refractivity contribution >= 4 is 19.3 Å². The van der Waals surface area contributed by atoms with Crippen molar-refractivity contribution in [3.05, 3.63) is 0 Å². The highest BCUT2D eigenvalue weighted by Crippen LogP contribution is 2.16. The lowest BCUT2D eigenvalue weighted by molar-refractivity contribution is 0.309. The third-order valence-corrected chi connectivity index (χ3v) is 11.7. The first-order chi connectivity index (χ1) is 14.9. The van der Waals surface area contributed by atoms with Gasteiger partial charge in [0.1, 0.15) is 0 Å². The van der Waals surface area contributed by atoms with Gasteiger partial charge in [0.05, 0.1) is 0 Å². The van der Waals surface area contributed by atoms with E-state index in [1.807, 2.05) is 0 Å². The topological polar surface area (TPSA) is 18.5 Å². The van der Waals surface area contributed by atoms with Crippen molar-refractivity contribution < 1.29 is 8.23 Å². The summed E-state index contributed by atoms with van der Waals surface area (Å²) in [7, 11) is -1.50. The van der Waals surface area contributed by atoms with Crippen molar-refractivity contribution in [2.45, 2.75) is 167 Å². The van der Waals surface area contributed by atoms with Gasteiger partial charge in [0, 0.05) is 0 Å². The van der Waals surface area contributed by atoms with Gasteiger partial charge in [-0.1, -0.05) is 161 Å². The Balaban J connectivity index is 1.59. The summed E-state index contributed by atoms with van der Waals surface area (Å²) in [5, 5.41) is 0. The minimum absolute atomic E-state index is 0.454. The van der Waals surface area contributed by atoms with Gasteiger partial charge in [0.25, 0.3) is 10.0 Å². The fourth-order valence-corrected chi connectivity index (χ4v) is 7.87. The summed E-state index contributed by atoms with van der Waals surface area (Å²) in [4.78, 5) is 0. The molecule has 0 atom stereocenters. The average Bonchev–Trinajstić information content (AvgIpc) is 2.72. The normalized spacial score (nSPS) is 16.9. The first-order valence-electron chi connectivity index (χ1n) is 14.2. The Morgan fingerprint density at radius 2 is 0.667 bits per heavy atom. The SMILES string of the molecule is CCCCCCCCCCCCCCCCCCCCCCCCCC[SiH]1O[SiH2]O1. The first kappa shape index (κ1) is 28.4. The second-order valence-corrected chi connectivity index (χ2v) is 14.1. The van der Waals surface area contributed by atoms with Gasteiger partial charge < -0.3 is 8.23 Å². The van der Waals surface area contributed by atoms with Crippen LogP contribution in [0, 0.1) is 0 Å². The Bertz CT molecular complexity index is 324. The maximum absolute atomic E-state index is 5.54. The molecule has 4 heteroatoms. The van der Waals surface area contributed by atoms with Gasteiger partial charge in [-0.2, -0.15) is 0 Å². The lowest BCUT2D eigenvalue weighted by Crippen LogP contribution is -2.38. The molecule has 0 radical (unpaired) electrons. The highest BCUT2D eigenvalue weighted by molar-refractivity contribution is 6.64. The lowest BCUT2D eigenvalue weighted by Gasteiger charge is -2.25. The zero-order chi connectivity index (χ0) is 21.4. The predicted octanol–water partition coefficient (Wildman–Crippen LogP) is 8.63. The Kier molecular flexibility index (Phi) is 22.7. The second kappa shape index (κ2) is 24.0. The molecule has 0 spiro atoms. The van der Waals surface area contributed by atoms with Crippen molar-refractivity contribution in [2.24, 2.45) is 0 Å². The third kappa shape index (κ3) is 20.3. The van der Waals surface area contributed by atoms with E-state index in [4.69, 9.17) is 8.23 Å². The Morgan fingerprint density at radius 1 is 0.400 bits per heavy atom. The lowest BCUT2D eigenvalue weighted by atomic mass is 10.0. The van der Waals surface area contributed by atoms with Crippen molar-refractivity contribution in [1.82, 2.24) is 0 Å². The molecule has 1 saturated heterocycles. The van der Waals surface area contributed by atoms with Crippen LogP contribution < -0.4 is 0 Å². The molecule has 0 aromatic heterocycles. The number of rotatable bonds is 25. The monoisotopic (exact) mass is 456 g/mol. The second-order valence-electron chi connectivity index (χ2n) is 9.80. The minimum atomic E-state index is -1.04. The van der Waals surface area contributed by atoms with Crippen molar-refractivity contribution in [1.29, 1.82) is 0 Å². The quantitative estimate of drug-likeness (QED) is 0.101. The largest absolute Gasteiger partial charge is 0.422 e. The predicted molar refractivity (Wildman–Crippen MR) is 139 cm³/mol. The molecule has 0 saturated carbocycles. The molecule has 1 rings (SSSR count). The van der Waals surface area contributed by atoms with Crippen LogP contribution in [0.4, 0.5) is 0 Å². The molecule has 1 aliphatic heterocycles. The number of hydrogen-bond donors (Lipinski definition) is 0. The third-order valence-electron chi connectivity index (χ3n) is 6.80. The molecule has 0 bridgehead atoms. The van der Waals surface area contributed by atoms with Crippen LogP contribution in [0.3, 0.4) is 0 Å². The number of hydrogen-bond acceptors (Lipinski definition) is 2. The van der Waals surface area contributed by atoms with E-state index in [9.17, 15) is 0 Å². The van der Waals surface area contributed by atoms with E-state index in [0.29, 0.717) is 0 Å². The molecule has 1 heterocycles. The van der Waals surface area contributed by atoms with E-state index in [1.54, 1.807) is 0 Å². The molecular formula is C26H56O2Si2. The summed E-state index contributed by atoms with van der Waals surface area (Å²) in [6.07, 6.45) is 35.1. The van der Waals surface area contributed by atoms with Gasteiger partial charge >= 0.3 is 9.28 Å². The summed E-state index contributed by atoms with van der Waals surface area (Å²) >= 11 is 0. The Hall–Kier alpha value is 0.354. The van der Waals surface area contributed by atoms with Crippen LogP contribution in [0.15, 0.2) is 0 Å². The maximum atomic E-state index is 5.54. The van der Waals surface area contributed by atoms with Crippen LogP contribution >= 0.6 is 0 Å². The summed E-state index contributed by atoms with van der Waals surface area (Å²) in [5.41, 5.74) is 0. The summed E-state index contributed by atoms with van der Waals surface area (Å²) in [6, 6.07) is 1.27. The molecule has 0 N–H and O–H groups in total. The van der Waals surface area contributed by atoms with E-state index in [1.165, 1.54) is 160 Å². The standard InChI is InChI=1S/C26H56O2Si2/c1-2-3-4-5-6-7-8-9-10-11-12-13-14-15-16-17-18-19-20-21-22-23-24-25-26-30-27-29-28-30/h30H,2-26,29H2,1H3. The van der Waals surface area contributed by atoms with E-state index in [0.717, 1.165) is 0 Å². The molecule has 2 nitrogen and oxygen atoms in total. The molecule has 1 aliphatic rings. The highest BCUT2D eigenvalue weighted by Gasteiger charge is 2.20. The smallest absolute Gasteiger partial charge is 0.303 e. The molecule has 0 unspecified atom stereocenters. The average molecular weight is 457 g/mol. The Morgan fingerprint density at radius 3 is 0.900 bits per heavy atom. The molecule has 0 amide bonds. The minimum Gasteiger partial charge on any atom is -0.422 e. The van der Waals surface area contributed by atoms with Gasteiger partial charge in [0.15, 0.2) is 0 Å². The van der Waals surface area contributed by atoms with E-state index < -0.39 is 19.3 Å². The fourth-order valence-electron chi connectivity index (χ4n) is 4.60. The van der Waals surface area contributed by atoms with Crippen LogP contribution in [0.1, 0.15) is 161 Å². The molecular weight excluding hydrogens is 400 g/mol.